The van der Waals surface area contributed by atoms with Crippen molar-refractivity contribution >= 4 is 39.1 Å². The summed E-state index contributed by atoms with van der Waals surface area (Å²) < 4.78 is 27.5. The van der Waals surface area contributed by atoms with Crippen molar-refractivity contribution in [1.29, 1.82) is 0 Å². The van der Waals surface area contributed by atoms with E-state index in [4.69, 9.17) is 23.2 Å². The molecule has 0 heterocycles. The van der Waals surface area contributed by atoms with Crippen LogP contribution in [0.1, 0.15) is 31.2 Å². The van der Waals surface area contributed by atoms with E-state index in [1.807, 2.05) is 0 Å². The molecule has 0 unspecified atom stereocenters. The summed E-state index contributed by atoms with van der Waals surface area (Å²) >= 11 is 11.9. The summed E-state index contributed by atoms with van der Waals surface area (Å²) in [6.07, 6.45) is 4.04. The van der Waals surface area contributed by atoms with E-state index in [-0.39, 0.29) is 29.9 Å². The van der Waals surface area contributed by atoms with E-state index in [1.54, 1.807) is 24.3 Å². The molecule has 1 fully saturated rings. The fourth-order valence-electron chi connectivity index (χ4n) is 3.32. The van der Waals surface area contributed by atoms with Gasteiger partial charge < -0.3 is 5.32 Å². The van der Waals surface area contributed by atoms with Crippen LogP contribution in [0.2, 0.25) is 10.0 Å². The van der Waals surface area contributed by atoms with Crippen LogP contribution < -0.4 is 5.32 Å². The van der Waals surface area contributed by atoms with Crippen molar-refractivity contribution in [3.63, 3.8) is 0 Å². The average Bonchev–Trinajstić information content (AvgIpc) is 3.14. The van der Waals surface area contributed by atoms with Gasteiger partial charge in [-0.25, -0.2) is 8.42 Å². The number of benzene rings is 2. The fraction of sp³-hybridized carbons (Fsp3) is 0.350. The third-order valence-corrected chi connectivity index (χ3v) is 7.03. The Labute approximate surface area is 175 Å². The molecule has 8 heteroatoms. The molecule has 2 aromatic rings. The van der Waals surface area contributed by atoms with Gasteiger partial charge in [0.05, 0.1) is 11.4 Å². The van der Waals surface area contributed by atoms with Crippen LogP contribution in [0.3, 0.4) is 0 Å². The molecule has 0 radical (unpaired) electrons. The lowest BCUT2D eigenvalue weighted by Crippen LogP contribution is -2.43. The number of hydrogen-bond acceptors (Lipinski definition) is 3. The summed E-state index contributed by atoms with van der Waals surface area (Å²) in [5.74, 6) is -0.300. The van der Waals surface area contributed by atoms with Crippen LogP contribution in [-0.4, -0.2) is 31.2 Å². The van der Waals surface area contributed by atoms with Gasteiger partial charge in [0.1, 0.15) is 0 Å². The van der Waals surface area contributed by atoms with Gasteiger partial charge in [-0.1, -0.05) is 48.2 Å². The highest BCUT2D eigenvalue weighted by Gasteiger charge is 2.28. The van der Waals surface area contributed by atoms with E-state index >= 15 is 0 Å². The Kier molecular flexibility index (Phi) is 6.99. The summed E-state index contributed by atoms with van der Waals surface area (Å²) in [5.41, 5.74) is 0.707. The second-order valence-corrected chi connectivity index (χ2v) is 9.72. The number of nitrogens with one attached hydrogen (secondary N) is 1. The zero-order valence-electron chi connectivity index (χ0n) is 15.3. The maximum Gasteiger partial charge on any atom is 0.243 e. The number of rotatable bonds is 7. The molecule has 0 aromatic heterocycles. The molecule has 28 heavy (non-hydrogen) atoms. The Morgan fingerprint density at radius 2 is 1.71 bits per heavy atom. The molecule has 0 atom stereocenters. The third-order valence-electron chi connectivity index (χ3n) is 4.74. The van der Waals surface area contributed by atoms with Gasteiger partial charge in [-0.3, -0.25) is 4.79 Å². The maximum atomic E-state index is 13.2. The Morgan fingerprint density at radius 1 is 1.04 bits per heavy atom. The minimum atomic E-state index is -3.89. The number of amides is 1. The molecule has 0 aliphatic heterocycles. The Hall–Kier alpha value is -1.60. The van der Waals surface area contributed by atoms with Gasteiger partial charge in [0.15, 0.2) is 0 Å². The number of halogens is 2. The van der Waals surface area contributed by atoms with Crippen LogP contribution in [-0.2, 0) is 21.4 Å². The van der Waals surface area contributed by atoms with Crippen molar-refractivity contribution in [2.24, 2.45) is 0 Å². The van der Waals surface area contributed by atoms with E-state index < -0.39 is 10.0 Å². The van der Waals surface area contributed by atoms with Crippen molar-refractivity contribution in [3.05, 3.63) is 64.1 Å². The first-order valence-corrected chi connectivity index (χ1v) is 11.3. The second-order valence-electron chi connectivity index (χ2n) is 6.91. The second kappa shape index (κ2) is 9.27. The molecule has 1 amide bonds. The third kappa shape index (κ3) is 5.47. The minimum absolute atomic E-state index is 0.0452. The summed E-state index contributed by atoms with van der Waals surface area (Å²) in [4.78, 5) is 12.6. The Balaban J connectivity index is 1.84. The highest BCUT2D eigenvalue weighted by Crippen LogP contribution is 2.22. The van der Waals surface area contributed by atoms with Gasteiger partial charge in [-0.15, -0.1) is 0 Å². The quantitative estimate of drug-likeness (QED) is 0.699. The Bertz CT molecular complexity index is 927. The normalized spacial score (nSPS) is 15.1. The standard InChI is InChI=1S/C20H22Cl2N2O3S/c21-16-8-10-19(11-9-16)28(26,27)24(13-15-4-3-5-17(22)12-15)14-20(25)23-18-6-1-2-7-18/h3-5,8-12,18H,1-2,6-7,13-14H2,(H,23,25). The fourth-order valence-corrected chi connectivity index (χ4v) is 5.05. The molecule has 0 bridgehead atoms. The summed E-state index contributed by atoms with van der Waals surface area (Å²) in [5, 5.41) is 3.90. The average molecular weight is 441 g/mol. The molecule has 0 saturated heterocycles. The lowest BCUT2D eigenvalue weighted by atomic mass is 10.2. The number of sulfonamides is 1. The maximum absolute atomic E-state index is 13.2. The van der Waals surface area contributed by atoms with Crippen LogP contribution >= 0.6 is 23.2 Å². The highest BCUT2D eigenvalue weighted by atomic mass is 35.5. The van der Waals surface area contributed by atoms with E-state index in [9.17, 15) is 13.2 Å². The van der Waals surface area contributed by atoms with Gasteiger partial charge in [0.25, 0.3) is 0 Å². The molecule has 1 aliphatic rings. The van der Waals surface area contributed by atoms with Crippen molar-refractivity contribution < 1.29 is 13.2 Å². The zero-order valence-corrected chi connectivity index (χ0v) is 17.6. The van der Waals surface area contributed by atoms with Crippen LogP contribution in [0.4, 0.5) is 0 Å². The van der Waals surface area contributed by atoms with Gasteiger partial charge >= 0.3 is 0 Å². The molecule has 2 aromatic carbocycles. The topological polar surface area (TPSA) is 66.5 Å². The molecule has 5 nitrogen and oxygen atoms in total. The molecule has 0 spiro atoms. The molecule has 150 valence electrons. The smallest absolute Gasteiger partial charge is 0.243 e. The van der Waals surface area contributed by atoms with Gasteiger partial charge in [-0.2, -0.15) is 4.31 Å². The summed E-state index contributed by atoms with van der Waals surface area (Å²) in [7, 11) is -3.89. The predicted molar refractivity (Wildman–Crippen MR) is 111 cm³/mol. The monoisotopic (exact) mass is 440 g/mol. The number of hydrogen-bond donors (Lipinski definition) is 1. The largest absolute Gasteiger partial charge is 0.352 e. The van der Waals surface area contributed by atoms with Crippen molar-refractivity contribution in [2.45, 2.75) is 43.2 Å². The van der Waals surface area contributed by atoms with Crippen LogP contribution in [0.5, 0.6) is 0 Å². The molecule has 1 saturated carbocycles. The van der Waals surface area contributed by atoms with Crippen LogP contribution in [0, 0.1) is 0 Å². The first-order valence-electron chi connectivity index (χ1n) is 9.14. The lowest BCUT2D eigenvalue weighted by molar-refractivity contribution is -0.122. The molecule has 1 aliphatic carbocycles. The van der Waals surface area contributed by atoms with Crippen LogP contribution in [0.25, 0.3) is 0 Å². The molecule has 1 N–H and O–H groups in total. The molecular formula is C20H22Cl2N2O3S. The van der Waals surface area contributed by atoms with Gasteiger partial charge in [0.2, 0.25) is 15.9 Å². The van der Waals surface area contributed by atoms with Crippen molar-refractivity contribution in [2.75, 3.05) is 6.54 Å². The first kappa shape index (κ1) is 21.1. The van der Waals surface area contributed by atoms with Crippen LogP contribution in [0.15, 0.2) is 53.4 Å². The van der Waals surface area contributed by atoms with Gasteiger partial charge in [-0.05, 0) is 54.8 Å². The number of carbonyl (C=O) groups is 1. The molecular weight excluding hydrogens is 419 g/mol. The highest BCUT2D eigenvalue weighted by molar-refractivity contribution is 7.89. The lowest BCUT2D eigenvalue weighted by Gasteiger charge is -2.23. The van der Waals surface area contributed by atoms with Crippen molar-refractivity contribution in [1.82, 2.24) is 9.62 Å². The zero-order chi connectivity index (χ0) is 20.1. The Morgan fingerprint density at radius 3 is 2.36 bits per heavy atom. The van der Waals surface area contributed by atoms with E-state index in [0.717, 1.165) is 25.7 Å². The minimum Gasteiger partial charge on any atom is -0.352 e. The van der Waals surface area contributed by atoms with E-state index in [0.29, 0.717) is 15.6 Å². The summed E-state index contributed by atoms with van der Waals surface area (Å²) in [6, 6.07) is 13.0. The van der Waals surface area contributed by atoms with E-state index in [2.05, 4.69) is 5.32 Å². The SMILES string of the molecule is O=C(CN(Cc1cccc(Cl)c1)S(=O)(=O)c1ccc(Cl)cc1)NC1CCCC1. The first-order chi connectivity index (χ1) is 13.3. The predicted octanol–water partition coefficient (Wildman–Crippen LogP) is 4.24. The number of carbonyl (C=O) groups excluding carboxylic acids is 1. The molecule has 3 rings (SSSR count). The summed E-state index contributed by atoms with van der Waals surface area (Å²) in [6.45, 7) is -0.211. The van der Waals surface area contributed by atoms with Gasteiger partial charge in [0, 0.05) is 22.6 Å². The number of nitrogens with zero attached hydrogens (tertiary/aromatic N) is 1. The van der Waals surface area contributed by atoms with Crippen molar-refractivity contribution in [3.8, 4) is 0 Å². The van der Waals surface area contributed by atoms with E-state index in [1.165, 1.54) is 28.6 Å².